The predicted molar refractivity (Wildman–Crippen MR) is 95.5 cm³/mol. The van der Waals surface area contributed by atoms with Gasteiger partial charge in [-0.15, -0.1) is 0 Å². The second-order valence-electron chi connectivity index (χ2n) is 6.16. The highest BCUT2D eigenvalue weighted by molar-refractivity contribution is 8.00. The lowest BCUT2D eigenvalue weighted by molar-refractivity contribution is 0.793. The number of aryl methyl sites for hydroxylation is 2. The Morgan fingerprint density at radius 2 is 2.26 bits per heavy atom. The average Bonchev–Trinajstić information content (AvgIpc) is 2.94. The summed E-state index contributed by atoms with van der Waals surface area (Å²) >= 11 is 3.60. The molecule has 2 aromatic rings. The van der Waals surface area contributed by atoms with Crippen molar-refractivity contribution in [1.82, 2.24) is 15.0 Å². The molecule has 0 spiro atoms. The smallest absolute Gasteiger partial charge is 0.254 e. The third kappa shape index (κ3) is 2.94. The fourth-order valence-electron chi connectivity index (χ4n) is 3.17. The molecule has 3 heterocycles. The lowest BCUT2D eigenvalue weighted by Crippen LogP contribution is -2.19. The first kappa shape index (κ1) is 15.3. The lowest BCUT2D eigenvalue weighted by Gasteiger charge is -2.27. The van der Waals surface area contributed by atoms with Gasteiger partial charge in [0, 0.05) is 40.6 Å². The van der Waals surface area contributed by atoms with Gasteiger partial charge >= 0.3 is 0 Å². The first-order chi connectivity index (χ1) is 11.2. The molecule has 4 nitrogen and oxygen atoms in total. The number of hydrogen-bond donors (Lipinski definition) is 1. The Balaban J connectivity index is 1.58. The summed E-state index contributed by atoms with van der Waals surface area (Å²) in [5.41, 5.74) is 5.76. The maximum atomic E-state index is 12.1. The molecule has 1 aliphatic heterocycles. The van der Waals surface area contributed by atoms with Gasteiger partial charge < -0.3 is 4.98 Å². The van der Waals surface area contributed by atoms with Gasteiger partial charge in [0.2, 0.25) is 0 Å². The van der Waals surface area contributed by atoms with Crippen molar-refractivity contribution in [3.63, 3.8) is 0 Å². The molecule has 23 heavy (non-hydrogen) atoms. The number of aromatic amines is 1. The van der Waals surface area contributed by atoms with Gasteiger partial charge in [-0.2, -0.15) is 11.8 Å². The SMILES string of the molecule is Cc1ccnc(C2CSC2)c1CSc1nc2c(c(=O)[nH]1)CCC2. The molecule has 0 atom stereocenters. The molecule has 1 saturated heterocycles. The van der Waals surface area contributed by atoms with Crippen molar-refractivity contribution in [3.05, 3.63) is 50.7 Å². The molecule has 1 aliphatic carbocycles. The van der Waals surface area contributed by atoms with Crippen molar-refractivity contribution in [2.45, 2.75) is 43.0 Å². The molecule has 1 N–H and O–H groups in total. The van der Waals surface area contributed by atoms with Gasteiger partial charge in [0.05, 0.1) is 5.69 Å². The number of rotatable bonds is 4. The molecule has 2 aliphatic rings. The Morgan fingerprint density at radius 3 is 3.04 bits per heavy atom. The van der Waals surface area contributed by atoms with Crippen molar-refractivity contribution in [2.75, 3.05) is 11.5 Å². The Morgan fingerprint density at radius 1 is 1.39 bits per heavy atom. The van der Waals surface area contributed by atoms with Crippen molar-refractivity contribution >= 4 is 23.5 Å². The Hall–Kier alpha value is -1.27. The monoisotopic (exact) mass is 345 g/mol. The zero-order valence-electron chi connectivity index (χ0n) is 13.1. The van der Waals surface area contributed by atoms with Crippen LogP contribution in [0.25, 0.3) is 0 Å². The van der Waals surface area contributed by atoms with Crippen molar-refractivity contribution in [1.29, 1.82) is 0 Å². The van der Waals surface area contributed by atoms with Gasteiger partial charge in [0.15, 0.2) is 5.16 Å². The van der Waals surface area contributed by atoms with E-state index in [0.29, 0.717) is 5.92 Å². The number of thioether (sulfide) groups is 2. The van der Waals surface area contributed by atoms with Crippen LogP contribution in [-0.4, -0.2) is 26.5 Å². The average molecular weight is 345 g/mol. The van der Waals surface area contributed by atoms with E-state index in [1.807, 2.05) is 18.0 Å². The minimum atomic E-state index is 0.0496. The molecule has 120 valence electrons. The van der Waals surface area contributed by atoms with E-state index in [0.717, 1.165) is 41.4 Å². The van der Waals surface area contributed by atoms with E-state index < -0.39 is 0 Å². The van der Waals surface area contributed by atoms with Crippen LogP contribution in [0.3, 0.4) is 0 Å². The van der Waals surface area contributed by atoms with Gasteiger partial charge in [0.25, 0.3) is 5.56 Å². The maximum absolute atomic E-state index is 12.1. The normalized spacial score (nSPS) is 17.1. The first-order valence-corrected chi connectivity index (χ1v) is 10.1. The van der Waals surface area contributed by atoms with E-state index in [1.54, 1.807) is 11.8 Å². The van der Waals surface area contributed by atoms with Crippen LogP contribution in [0.4, 0.5) is 0 Å². The number of nitrogens with one attached hydrogen (secondary N) is 1. The summed E-state index contributed by atoms with van der Waals surface area (Å²) in [6.07, 6.45) is 4.76. The fourth-order valence-corrected chi connectivity index (χ4v) is 4.95. The zero-order valence-corrected chi connectivity index (χ0v) is 14.7. The summed E-state index contributed by atoms with van der Waals surface area (Å²) in [4.78, 5) is 24.3. The second kappa shape index (κ2) is 6.32. The standard InChI is InChI=1S/C17H19N3OS2/c1-10-5-6-18-15(11-7-22-8-11)13(10)9-23-17-19-14-4-2-3-12(14)16(21)20-17/h5-6,11H,2-4,7-9H2,1H3,(H,19,20,21). The molecular weight excluding hydrogens is 326 g/mol. The van der Waals surface area contributed by atoms with Crippen LogP contribution in [-0.2, 0) is 18.6 Å². The molecule has 0 unspecified atom stereocenters. The van der Waals surface area contributed by atoms with E-state index >= 15 is 0 Å². The van der Waals surface area contributed by atoms with Crippen molar-refractivity contribution < 1.29 is 0 Å². The summed E-state index contributed by atoms with van der Waals surface area (Å²) < 4.78 is 0. The number of fused-ring (bicyclic) bond motifs is 1. The van der Waals surface area contributed by atoms with E-state index in [9.17, 15) is 4.79 Å². The van der Waals surface area contributed by atoms with Gasteiger partial charge in [-0.3, -0.25) is 9.78 Å². The van der Waals surface area contributed by atoms with Crippen LogP contribution in [0.15, 0.2) is 22.2 Å². The van der Waals surface area contributed by atoms with E-state index in [4.69, 9.17) is 0 Å². The molecule has 1 fully saturated rings. The van der Waals surface area contributed by atoms with Crippen LogP contribution in [0.5, 0.6) is 0 Å². The van der Waals surface area contributed by atoms with Crippen LogP contribution < -0.4 is 5.56 Å². The number of hydrogen-bond acceptors (Lipinski definition) is 5. The lowest BCUT2D eigenvalue weighted by atomic mass is 10.0. The molecule has 6 heteroatoms. The summed E-state index contributed by atoms with van der Waals surface area (Å²) in [5, 5.41) is 0.743. The van der Waals surface area contributed by atoms with E-state index in [2.05, 4.69) is 27.9 Å². The molecule has 0 aromatic carbocycles. The summed E-state index contributed by atoms with van der Waals surface area (Å²) in [6, 6.07) is 2.07. The van der Waals surface area contributed by atoms with Gasteiger partial charge in [-0.25, -0.2) is 4.98 Å². The zero-order chi connectivity index (χ0) is 15.8. The maximum Gasteiger partial charge on any atom is 0.254 e. The summed E-state index contributed by atoms with van der Waals surface area (Å²) in [7, 11) is 0. The van der Waals surface area contributed by atoms with Crippen molar-refractivity contribution in [2.24, 2.45) is 0 Å². The predicted octanol–water partition coefficient (Wildman–Crippen LogP) is 3.08. The van der Waals surface area contributed by atoms with Gasteiger partial charge in [0.1, 0.15) is 0 Å². The number of H-pyrrole nitrogens is 1. The molecular formula is C17H19N3OS2. The first-order valence-electron chi connectivity index (χ1n) is 7.99. The van der Waals surface area contributed by atoms with Crippen molar-refractivity contribution in [3.8, 4) is 0 Å². The van der Waals surface area contributed by atoms with Crippen LogP contribution in [0, 0.1) is 6.92 Å². The molecule has 0 saturated carbocycles. The van der Waals surface area contributed by atoms with E-state index in [1.165, 1.54) is 28.3 Å². The highest BCUT2D eigenvalue weighted by Crippen LogP contribution is 2.36. The summed E-state index contributed by atoms with van der Waals surface area (Å²) in [5.74, 6) is 3.74. The molecule has 4 rings (SSSR count). The van der Waals surface area contributed by atoms with Gasteiger partial charge in [-0.1, -0.05) is 11.8 Å². The van der Waals surface area contributed by atoms with Crippen LogP contribution in [0.1, 0.15) is 40.4 Å². The Kier molecular flexibility index (Phi) is 4.20. The molecule has 0 amide bonds. The fraction of sp³-hybridized carbons (Fsp3) is 0.471. The quantitative estimate of drug-likeness (QED) is 0.682. The Bertz CT molecular complexity index is 799. The second-order valence-corrected chi connectivity index (χ2v) is 8.20. The highest BCUT2D eigenvalue weighted by Gasteiger charge is 2.25. The third-order valence-electron chi connectivity index (χ3n) is 4.62. The molecule has 0 radical (unpaired) electrons. The molecule has 0 bridgehead atoms. The minimum absolute atomic E-state index is 0.0496. The van der Waals surface area contributed by atoms with Gasteiger partial charge in [-0.05, 0) is 43.4 Å². The third-order valence-corrected chi connectivity index (χ3v) is 6.80. The highest BCUT2D eigenvalue weighted by atomic mass is 32.2. The number of pyridine rings is 1. The Labute approximate surface area is 143 Å². The topological polar surface area (TPSA) is 58.6 Å². The van der Waals surface area contributed by atoms with Crippen LogP contribution >= 0.6 is 23.5 Å². The largest absolute Gasteiger partial charge is 0.301 e. The molecule has 2 aromatic heterocycles. The minimum Gasteiger partial charge on any atom is -0.301 e. The summed E-state index contributed by atoms with van der Waals surface area (Å²) in [6.45, 7) is 2.14. The number of aromatic nitrogens is 3. The van der Waals surface area contributed by atoms with Crippen LogP contribution in [0.2, 0.25) is 0 Å². The number of nitrogens with zero attached hydrogens (tertiary/aromatic N) is 2. The van der Waals surface area contributed by atoms with E-state index in [-0.39, 0.29) is 5.56 Å².